The standard InChI is InChI=1S/C8H16O/c1-5-6(2)8(9-4)7(5)3/h5-8H,1-4H3. The molecule has 0 spiro atoms. The second-order valence-electron chi connectivity index (χ2n) is 3.28. The van der Waals surface area contributed by atoms with Crippen molar-refractivity contribution in [1.82, 2.24) is 0 Å². The molecule has 0 aliphatic heterocycles. The Morgan fingerprint density at radius 2 is 1.33 bits per heavy atom. The summed E-state index contributed by atoms with van der Waals surface area (Å²) in [5.74, 6) is 2.39. The van der Waals surface area contributed by atoms with E-state index in [-0.39, 0.29) is 0 Å². The van der Waals surface area contributed by atoms with Crippen LogP contribution in [0.4, 0.5) is 0 Å². The number of rotatable bonds is 1. The van der Waals surface area contributed by atoms with E-state index >= 15 is 0 Å². The van der Waals surface area contributed by atoms with E-state index in [0.717, 1.165) is 17.8 Å². The highest BCUT2D eigenvalue weighted by atomic mass is 16.5. The van der Waals surface area contributed by atoms with Crippen LogP contribution < -0.4 is 0 Å². The molecule has 0 N–H and O–H groups in total. The predicted molar refractivity (Wildman–Crippen MR) is 38.3 cm³/mol. The van der Waals surface area contributed by atoms with Gasteiger partial charge in [0.05, 0.1) is 6.10 Å². The fraction of sp³-hybridized carbons (Fsp3) is 1.00. The van der Waals surface area contributed by atoms with E-state index in [1.807, 2.05) is 7.11 Å². The number of hydrogen-bond donors (Lipinski definition) is 0. The molecule has 1 heteroatoms. The summed E-state index contributed by atoms with van der Waals surface area (Å²) in [7, 11) is 1.81. The van der Waals surface area contributed by atoms with E-state index in [4.69, 9.17) is 4.74 Å². The van der Waals surface area contributed by atoms with E-state index < -0.39 is 0 Å². The average molecular weight is 128 g/mol. The summed E-state index contributed by atoms with van der Waals surface area (Å²) in [6.45, 7) is 6.82. The monoisotopic (exact) mass is 128 g/mol. The summed E-state index contributed by atoms with van der Waals surface area (Å²) >= 11 is 0. The van der Waals surface area contributed by atoms with Crippen molar-refractivity contribution in [3.05, 3.63) is 0 Å². The maximum Gasteiger partial charge on any atom is 0.0627 e. The van der Waals surface area contributed by atoms with E-state index in [1.165, 1.54) is 0 Å². The molecule has 2 atom stereocenters. The van der Waals surface area contributed by atoms with Crippen LogP contribution in [0, 0.1) is 17.8 Å². The third kappa shape index (κ3) is 0.877. The molecule has 1 saturated carbocycles. The summed E-state index contributed by atoms with van der Waals surface area (Å²) in [6.07, 6.45) is 0.528. The minimum Gasteiger partial charge on any atom is -0.381 e. The molecular formula is C8H16O. The Bertz CT molecular complexity index is 90.7. The van der Waals surface area contributed by atoms with Gasteiger partial charge in [-0.05, 0) is 17.8 Å². The van der Waals surface area contributed by atoms with Gasteiger partial charge in [0.1, 0.15) is 0 Å². The molecule has 54 valence electrons. The van der Waals surface area contributed by atoms with Crippen molar-refractivity contribution in [3.8, 4) is 0 Å². The Kier molecular flexibility index (Phi) is 1.80. The molecule has 0 saturated heterocycles. The first kappa shape index (κ1) is 7.07. The lowest BCUT2D eigenvalue weighted by Crippen LogP contribution is -2.47. The van der Waals surface area contributed by atoms with E-state index in [1.54, 1.807) is 0 Å². The van der Waals surface area contributed by atoms with Gasteiger partial charge in [0.2, 0.25) is 0 Å². The van der Waals surface area contributed by atoms with Crippen molar-refractivity contribution in [2.24, 2.45) is 17.8 Å². The van der Waals surface area contributed by atoms with Crippen LogP contribution in [0.5, 0.6) is 0 Å². The first-order valence-electron chi connectivity index (χ1n) is 3.71. The quantitative estimate of drug-likeness (QED) is 0.524. The Hall–Kier alpha value is -0.0400. The Labute approximate surface area is 57.4 Å². The molecule has 9 heavy (non-hydrogen) atoms. The highest BCUT2D eigenvalue weighted by Gasteiger charge is 2.41. The third-order valence-electron chi connectivity index (χ3n) is 2.97. The van der Waals surface area contributed by atoms with Gasteiger partial charge in [-0.2, -0.15) is 0 Å². The van der Waals surface area contributed by atoms with Crippen molar-refractivity contribution in [2.75, 3.05) is 7.11 Å². The summed E-state index contributed by atoms with van der Waals surface area (Å²) in [5.41, 5.74) is 0. The van der Waals surface area contributed by atoms with Gasteiger partial charge < -0.3 is 4.74 Å². The van der Waals surface area contributed by atoms with Crippen molar-refractivity contribution in [2.45, 2.75) is 26.9 Å². The van der Waals surface area contributed by atoms with E-state index in [2.05, 4.69) is 20.8 Å². The molecule has 1 nitrogen and oxygen atoms in total. The van der Waals surface area contributed by atoms with Crippen LogP contribution in [0.15, 0.2) is 0 Å². The van der Waals surface area contributed by atoms with Gasteiger partial charge >= 0.3 is 0 Å². The highest BCUT2D eigenvalue weighted by molar-refractivity contribution is 4.90. The average Bonchev–Trinajstić information content (AvgIpc) is 1.89. The summed E-state index contributed by atoms with van der Waals surface area (Å²) in [5, 5.41) is 0. The van der Waals surface area contributed by atoms with Gasteiger partial charge in [-0.1, -0.05) is 20.8 Å². The fourth-order valence-electron chi connectivity index (χ4n) is 1.84. The van der Waals surface area contributed by atoms with Crippen LogP contribution in [0.25, 0.3) is 0 Å². The first-order valence-corrected chi connectivity index (χ1v) is 3.71. The zero-order valence-corrected chi connectivity index (χ0v) is 6.72. The Morgan fingerprint density at radius 1 is 0.889 bits per heavy atom. The van der Waals surface area contributed by atoms with Gasteiger partial charge in [0, 0.05) is 7.11 Å². The second kappa shape index (κ2) is 2.30. The van der Waals surface area contributed by atoms with E-state index in [9.17, 15) is 0 Å². The zero-order chi connectivity index (χ0) is 7.02. The van der Waals surface area contributed by atoms with Crippen LogP contribution in [0.2, 0.25) is 0 Å². The lowest BCUT2D eigenvalue weighted by atomic mass is 9.65. The third-order valence-corrected chi connectivity index (χ3v) is 2.97. The predicted octanol–water partition coefficient (Wildman–Crippen LogP) is 1.92. The second-order valence-corrected chi connectivity index (χ2v) is 3.28. The maximum atomic E-state index is 5.28. The van der Waals surface area contributed by atoms with Crippen LogP contribution in [0.3, 0.4) is 0 Å². The van der Waals surface area contributed by atoms with Crippen LogP contribution >= 0.6 is 0 Å². The minimum atomic E-state index is 0.528. The molecule has 1 aliphatic carbocycles. The Morgan fingerprint density at radius 3 is 1.56 bits per heavy atom. The molecule has 0 bridgehead atoms. The molecule has 0 radical (unpaired) electrons. The fourth-order valence-corrected chi connectivity index (χ4v) is 1.84. The van der Waals surface area contributed by atoms with Crippen LogP contribution in [-0.2, 0) is 4.74 Å². The summed E-state index contributed by atoms with van der Waals surface area (Å²) < 4.78 is 5.28. The lowest BCUT2D eigenvalue weighted by molar-refractivity contribution is -0.101. The Balaban J connectivity index is 2.41. The molecule has 0 heterocycles. The van der Waals surface area contributed by atoms with Gasteiger partial charge in [0.15, 0.2) is 0 Å². The van der Waals surface area contributed by atoms with Gasteiger partial charge in [-0.3, -0.25) is 0 Å². The van der Waals surface area contributed by atoms with Gasteiger partial charge in [-0.25, -0.2) is 0 Å². The number of methoxy groups -OCH3 is 1. The zero-order valence-electron chi connectivity index (χ0n) is 6.72. The van der Waals surface area contributed by atoms with Crippen molar-refractivity contribution in [3.63, 3.8) is 0 Å². The lowest BCUT2D eigenvalue weighted by Gasteiger charge is -2.46. The van der Waals surface area contributed by atoms with Crippen molar-refractivity contribution < 1.29 is 4.74 Å². The van der Waals surface area contributed by atoms with Crippen LogP contribution in [-0.4, -0.2) is 13.2 Å². The maximum absolute atomic E-state index is 5.28. The number of hydrogen-bond acceptors (Lipinski definition) is 1. The molecule has 0 aromatic rings. The smallest absolute Gasteiger partial charge is 0.0627 e. The molecule has 0 aromatic heterocycles. The summed E-state index contributed by atoms with van der Waals surface area (Å²) in [4.78, 5) is 0. The first-order chi connectivity index (χ1) is 4.18. The van der Waals surface area contributed by atoms with Gasteiger partial charge in [0.25, 0.3) is 0 Å². The molecule has 1 aliphatic rings. The summed E-state index contributed by atoms with van der Waals surface area (Å²) in [6, 6.07) is 0. The topological polar surface area (TPSA) is 9.23 Å². The molecule has 0 amide bonds. The van der Waals surface area contributed by atoms with Crippen molar-refractivity contribution in [1.29, 1.82) is 0 Å². The minimum absolute atomic E-state index is 0.528. The number of ether oxygens (including phenoxy) is 1. The molecule has 2 unspecified atom stereocenters. The van der Waals surface area contributed by atoms with Crippen LogP contribution in [0.1, 0.15) is 20.8 Å². The molecular weight excluding hydrogens is 112 g/mol. The highest BCUT2D eigenvalue weighted by Crippen LogP contribution is 2.41. The normalized spacial score (nSPS) is 50.7. The SMILES string of the molecule is COC1C(C)C(C)C1C. The van der Waals surface area contributed by atoms with E-state index in [0.29, 0.717) is 6.10 Å². The molecule has 0 aromatic carbocycles. The molecule has 1 fully saturated rings. The van der Waals surface area contributed by atoms with Crippen molar-refractivity contribution >= 4 is 0 Å². The van der Waals surface area contributed by atoms with Gasteiger partial charge in [-0.15, -0.1) is 0 Å². The largest absolute Gasteiger partial charge is 0.381 e. The molecule has 1 rings (SSSR count).